The van der Waals surface area contributed by atoms with Gasteiger partial charge in [-0.1, -0.05) is 121 Å². The molecule has 0 bridgehead atoms. The maximum Gasteiger partial charge on any atom is 0.193 e. The van der Waals surface area contributed by atoms with Crippen LogP contribution in [0.25, 0.3) is 0 Å². The molecule has 1 aliphatic heterocycles. The molecule has 5 rings (SSSR count). The fraction of sp³-hybridized carbons (Fsp3) is 0.107. The summed E-state index contributed by atoms with van der Waals surface area (Å²) < 4.78 is 0. The molecular weight excluding hydrogens is 378 g/mol. The van der Waals surface area contributed by atoms with Gasteiger partial charge in [0.15, 0.2) is 5.96 Å². The molecule has 0 saturated carbocycles. The Kier molecular flexibility index (Phi) is 5.48. The van der Waals surface area contributed by atoms with Gasteiger partial charge in [-0.15, -0.1) is 0 Å². The van der Waals surface area contributed by atoms with E-state index in [0.717, 1.165) is 5.96 Å². The molecule has 152 valence electrons. The Morgan fingerprint density at radius 3 is 1.55 bits per heavy atom. The average Bonchev–Trinajstić information content (AvgIpc) is 3.29. The van der Waals surface area contributed by atoms with Crippen molar-refractivity contribution in [2.75, 3.05) is 0 Å². The molecule has 0 aliphatic carbocycles. The van der Waals surface area contributed by atoms with Crippen molar-refractivity contribution in [3.8, 4) is 0 Å². The van der Waals surface area contributed by atoms with Gasteiger partial charge in [-0.3, -0.25) is 0 Å². The Bertz CT molecular complexity index is 1090. The summed E-state index contributed by atoms with van der Waals surface area (Å²) in [4.78, 5) is 5.10. The number of nitrogens with one attached hydrogen (secondary N) is 2. The maximum atomic E-state index is 5.10. The minimum absolute atomic E-state index is 0.0123. The molecule has 0 amide bonds. The third-order valence-electron chi connectivity index (χ3n) is 5.72. The van der Waals surface area contributed by atoms with E-state index in [9.17, 15) is 0 Å². The fourth-order valence-electron chi connectivity index (χ4n) is 4.19. The largest absolute Gasteiger partial charge is 0.347 e. The summed E-state index contributed by atoms with van der Waals surface area (Å²) in [6.45, 7) is 0. The predicted octanol–water partition coefficient (Wildman–Crippen LogP) is 5.81. The SMILES string of the molecule is c1ccc(C(NC2=N[C@@H](c3ccccc3)[C@H](c3ccccc3)N2)c2ccccc2)cc1. The highest BCUT2D eigenvalue weighted by molar-refractivity contribution is 5.83. The Morgan fingerprint density at radius 1 is 0.581 bits per heavy atom. The quantitative estimate of drug-likeness (QED) is 0.441. The van der Waals surface area contributed by atoms with Crippen LogP contribution in [0, 0.1) is 0 Å². The zero-order chi connectivity index (χ0) is 20.9. The van der Waals surface area contributed by atoms with E-state index in [4.69, 9.17) is 4.99 Å². The van der Waals surface area contributed by atoms with Crippen LogP contribution in [0.1, 0.15) is 40.4 Å². The van der Waals surface area contributed by atoms with E-state index in [1.807, 2.05) is 18.2 Å². The minimum Gasteiger partial charge on any atom is -0.347 e. The van der Waals surface area contributed by atoms with E-state index in [2.05, 4.69) is 114 Å². The van der Waals surface area contributed by atoms with Gasteiger partial charge in [0.25, 0.3) is 0 Å². The zero-order valence-corrected chi connectivity index (χ0v) is 17.2. The summed E-state index contributed by atoms with van der Waals surface area (Å²) in [5, 5.41) is 7.35. The van der Waals surface area contributed by atoms with Crippen molar-refractivity contribution in [1.82, 2.24) is 10.6 Å². The molecule has 4 aromatic carbocycles. The Balaban J connectivity index is 1.49. The second-order valence-electron chi connectivity index (χ2n) is 7.76. The van der Waals surface area contributed by atoms with E-state index in [1.54, 1.807) is 0 Å². The van der Waals surface area contributed by atoms with E-state index in [1.165, 1.54) is 22.3 Å². The molecule has 2 N–H and O–H groups in total. The van der Waals surface area contributed by atoms with Crippen LogP contribution in [-0.4, -0.2) is 5.96 Å². The van der Waals surface area contributed by atoms with Crippen molar-refractivity contribution in [3.05, 3.63) is 144 Å². The van der Waals surface area contributed by atoms with E-state index >= 15 is 0 Å². The van der Waals surface area contributed by atoms with Crippen molar-refractivity contribution in [2.24, 2.45) is 4.99 Å². The molecule has 0 saturated heterocycles. The van der Waals surface area contributed by atoms with Crippen molar-refractivity contribution in [1.29, 1.82) is 0 Å². The van der Waals surface area contributed by atoms with Crippen LogP contribution in [0.15, 0.2) is 126 Å². The van der Waals surface area contributed by atoms with Crippen LogP contribution in [0.4, 0.5) is 0 Å². The Morgan fingerprint density at radius 2 is 1.03 bits per heavy atom. The molecule has 0 unspecified atom stereocenters. The molecule has 3 heteroatoms. The van der Waals surface area contributed by atoms with Crippen molar-refractivity contribution in [3.63, 3.8) is 0 Å². The van der Waals surface area contributed by atoms with Gasteiger partial charge in [0.1, 0.15) is 6.04 Å². The van der Waals surface area contributed by atoms with E-state index in [0.29, 0.717) is 0 Å². The minimum atomic E-state index is 0.0123. The van der Waals surface area contributed by atoms with Gasteiger partial charge in [-0.25, -0.2) is 4.99 Å². The third-order valence-corrected chi connectivity index (χ3v) is 5.72. The highest BCUT2D eigenvalue weighted by atomic mass is 15.3. The Hall–Kier alpha value is -3.85. The molecule has 0 aromatic heterocycles. The monoisotopic (exact) mass is 403 g/mol. The van der Waals surface area contributed by atoms with Gasteiger partial charge in [0, 0.05) is 0 Å². The van der Waals surface area contributed by atoms with Gasteiger partial charge in [0.2, 0.25) is 0 Å². The molecule has 31 heavy (non-hydrogen) atoms. The molecule has 1 aliphatic rings. The maximum absolute atomic E-state index is 5.10. The van der Waals surface area contributed by atoms with E-state index < -0.39 is 0 Å². The molecule has 2 atom stereocenters. The first-order chi connectivity index (χ1) is 15.4. The van der Waals surface area contributed by atoms with Gasteiger partial charge in [-0.05, 0) is 22.3 Å². The highest BCUT2D eigenvalue weighted by Crippen LogP contribution is 2.36. The molecule has 1 heterocycles. The number of aliphatic imine (C=N–C) groups is 1. The van der Waals surface area contributed by atoms with Gasteiger partial charge >= 0.3 is 0 Å². The number of hydrogen-bond acceptors (Lipinski definition) is 3. The first-order valence-corrected chi connectivity index (χ1v) is 10.7. The Labute approximate surface area is 183 Å². The topological polar surface area (TPSA) is 36.4 Å². The predicted molar refractivity (Wildman–Crippen MR) is 127 cm³/mol. The van der Waals surface area contributed by atoms with E-state index in [-0.39, 0.29) is 18.1 Å². The molecule has 4 aromatic rings. The molecule has 3 nitrogen and oxygen atoms in total. The van der Waals surface area contributed by atoms with Crippen LogP contribution in [0.3, 0.4) is 0 Å². The first kappa shape index (κ1) is 19.1. The number of benzene rings is 4. The lowest BCUT2D eigenvalue weighted by molar-refractivity contribution is 0.569. The normalized spacial score (nSPS) is 17.8. The summed E-state index contributed by atoms with van der Waals surface area (Å²) in [7, 11) is 0. The molecular formula is C28H25N3. The second kappa shape index (κ2) is 8.88. The summed E-state index contributed by atoms with van der Waals surface area (Å²) in [6, 6.07) is 42.2. The summed E-state index contributed by atoms with van der Waals surface area (Å²) in [5.74, 6) is 0.820. The van der Waals surface area contributed by atoms with Gasteiger partial charge < -0.3 is 10.6 Å². The number of nitrogens with zero attached hydrogens (tertiary/aromatic N) is 1. The van der Waals surface area contributed by atoms with Crippen LogP contribution in [0.2, 0.25) is 0 Å². The number of hydrogen-bond donors (Lipinski definition) is 2. The average molecular weight is 404 g/mol. The van der Waals surface area contributed by atoms with Crippen LogP contribution >= 0.6 is 0 Å². The van der Waals surface area contributed by atoms with Crippen molar-refractivity contribution < 1.29 is 0 Å². The van der Waals surface area contributed by atoms with Gasteiger partial charge in [0.05, 0.1) is 12.1 Å². The summed E-state index contributed by atoms with van der Waals surface area (Å²) >= 11 is 0. The summed E-state index contributed by atoms with van der Waals surface area (Å²) in [6.07, 6.45) is 0. The summed E-state index contributed by atoms with van der Waals surface area (Å²) in [5.41, 5.74) is 4.85. The van der Waals surface area contributed by atoms with Crippen molar-refractivity contribution in [2.45, 2.75) is 18.1 Å². The zero-order valence-electron chi connectivity index (χ0n) is 17.2. The molecule has 0 radical (unpaired) electrons. The van der Waals surface area contributed by atoms with Crippen LogP contribution in [0.5, 0.6) is 0 Å². The smallest absolute Gasteiger partial charge is 0.193 e. The molecule has 0 fully saturated rings. The van der Waals surface area contributed by atoms with Crippen LogP contribution < -0.4 is 10.6 Å². The number of guanidine groups is 1. The fourth-order valence-corrected chi connectivity index (χ4v) is 4.19. The molecule has 0 spiro atoms. The lowest BCUT2D eigenvalue weighted by Crippen LogP contribution is -2.38. The highest BCUT2D eigenvalue weighted by Gasteiger charge is 2.32. The van der Waals surface area contributed by atoms with Crippen LogP contribution in [-0.2, 0) is 0 Å². The lowest BCUT2D eigenvalue weighted by Gasteiger charge is -2.22. The second-order valence-corrected chi connectivity index (χ2v) is 7.76. The van der Waals surface area contributed by atoms with Gasteiger partial charge in [-0.2, -0.15) is 0 Å². The first-order valence-electron chi connectivity index (χ1n) is 10.7. The lowest BCUT2D eigenvalue weighted by atomic mass is 9.95. The standard InChI is InChI=1S/C28H25N3/c1-5-13-21(14-6-1)25(22-15-7-2-8-16-22)29-28-30-26(23-17-9-3-10-18-23)27(31-28)24-19-11-4-12-20-24/h1-20,25-27H,(H2,29,30,31)/t26-,27-/m0/s1. The number of rotatable bonds is 5. The third kappa shape index (κ3) is 4.22. The van der Waals surface area contributed by atoms with Crippen molar-refractivity contribution >= 4 is 5.96 Å².